The Morgan fingerprint density at radius 2 is 2.00 bits per heavy atom. The van der Waals surface area contributed by atoms with E-state index in [1.165, 1.54) is 39.0 Å². The molecule has 0 radical (unpaired) electrons. The van der Waals surface area contributed by atoms with E-state index in [0.717, 1.165) is 25.6 Å². The van der Waals surface area contributed by atoms with Gasteiger partial charge in [0.1, 0.15) is 0 Å². The zero-order valence-corrected chi connectivity index (χ0v) is 11.7. The molecular weight excluding hydrogens is 214 g/mol. The lowest BCUT2D eigenvalue weighted by Gasteiger charge is -2.32. The number of likely N-dealkylation sites (tertiary alicyclic amines) is 1. The van der Waals surface area contributed by atoms with Gasteiger partial charge in [0.25, 0.3) is 0 Å². The Balaban J connectivity index is 2.01. The molecule has 102 valence electrons. The third-order valence-electron chi connectivity index (χ3n) is 3.49. The van der Waals surface area contributed by atoms with Gasteiger partial charge in [0.2, 0.25) is 0 Å². The zero-order chi connectivity index (χ0) is 12.5. The Hall–Kier alpha value is -0.160. The van der Waals surface area contributed by atoms with Gasteiger partial charge in [-0.3, -0.25) is 0 Å². The Labute approximate surface area is 106 Å². The predicted octanol–water partition coefficient (Wildman–Crippen LogP) is 0.496. The fourth-order valence-electron chi connectivity index (χ4n) is 2.24. The van der Waals surface area contributed by atoms with Crippen molar-refractivity contribution in [1.82, 2.24) is 15.1 Å². The molecule has 1 aliphatic heterocycles. The molecule has 0 aliphatic carbocycles. The van der Waals surface area contributed by atoms with Crippen LogP contribution in [0.4, 0.5) is 0 Å². The molecule has 1 saturated heterocycles. The summed E-state index contributed by atoms with van der Waals surface area (Å²) < 4.78 is 5.03. The number of hydrogen-bond donors (Lipinski definition) is 1. The maximum Gasteiger partial charge on any atom is 0.0587 e. The minimum atomic E-state index is 0.821. The summed E-state index contributed by atoms with van der Waals surface area (Å²) in [5, 5.41) is 3.47. The van der Waals surface area contributed by atoms with Crippen LogP contribution in [0.2, 0.25) is 0 Å². The van der Waals surface area contributed by atoms with Gasteiger partial charge in [-0.2, -0.15) is 0 Å². The van der Waals surface area contributed by atoms with Crippen LogP contribution < -0.4 is 5.32 Å². The highest BCUT2D eigenvalue weighted by Crippen LogP contribution is 2.15. The van der Waals surface area contributed by atoms with E-state index < -0.39 is 0 Å². The van der Waals surface area contributed by atoms with Gasteiger partial charge in [-0.25, -0.2) is 0 Å². The van der Waals surface area contributed by atoms with Crippen LogP contribution in [0, 0.1) is 5.92 Å². The smallest absolute Gasteiger partial charge is 0.0587 e. The molecule has 1 fully saturated rings. The van der Waals surface area contributed by atoms with Crippen LogP contribution >= 0.6 is 0 Å². The molecule has 1 N–H and O–H groups in total. The molecule has 0 atom stereocenters. The average Bonchev–Trinajstić information content (AvgIpc) is 2.33. The predicted molar refractivity (Wildman–Crippen MR) is 72.5 cm³/mol. The molecule has 0 aromatic rings. The molecule has 17 heavy (non-hydrogen) atoms. The summed E-state index contributed by atoms with van der Waals surface area (Å²) in [5.74, 6) is 0.863. The molecule has 0 spiro atoms. The lowest BCUT2D eigenvalue weighted by molar-refractivity contribution is 0.163. The van der Waals surface area contributed by atoms with E-state index in [-0.39, 0.29) is 0 Å². The number of nitrogens with zero attached hydrogens (tertiary/aromatic N) is 2. The molecule has 0 unspecified atom stereocenters. The summed E-state index contributed by atoms with van der Waals surface area (Å²) in [6.07, 6.45) is 2.68. The summed E-state index contributed by atoms with van der Waals surface area (Å²) in [6.45, 7) is 7.90. The van der Waals surface area contributed by atoms with Crippen molar-refractivity contribution in [2.45, 2.75) is 12.8 Å². The van der Waals surface area contributed by atoms with Crippen LogP contribution in [-0.4, -0.2) is 76.9 Å². The molecule has 1 heterocycles. The average molecular weight is 243 g/mol. The minimum absolute atomic E-state index is 0.821. The van der Waals surface area contributed by atoms with Crippen molar-refractivity contribution in [3.63, 3.8) is 0 Å². The fraction of sp³-hybridized carbons (Fsp3) is 1.00. The minimum Gasteiger partial charge on any atom is -0.383 e. The monoisotopic (exact) mass is 243 g/mol. The van der Waals surface area contributed by atoms with Gasteiger partial charge in [0, 0.05) is 26.7 Å². The maximum atomic E-state index is 5.03. The third kappa shape index (κ3) is 6.99. The van der Waals surface area contributed by atoms with E-state index in [9.17, 15) is 0 Å². The Bertz CT molecular complexity index is 180. The highest BCUT2D eigenvalue weighted by molar-refractivity contribution is 4.74. The normalized spacial score (nSPS) is 19.1. The first-order chi connectivity index (χ1) is 8.22. The lowest BCUT2D eigenvalue weighted by atomic mass is 9.97. The summed E-state index contributed by atoms with van der Waals surface area (Å²) in [5.41, 5.74) is 0. The van der Waals surface area contributed by atoms with Crippen molar-refractivity contribution in [1.29, 1.82) is 0 Å². The molecule has 0 bridgehead atoms. The van der Waals surface area contributed by atoms with Crippen LogP contribution in [-0.2, 0) is 4.74 Å². The number of piperidine rings is 1. The van der Waals surface area contributed by atoms with Crippen molar-refractivity contribution >= 4 is 0 Å². The van der Waals surface area contributed by atoms with Crippen molar-refractivity contribution in [2.75, 3.05) is 67.1 Å². The van der Waals surface area contributed by atoms with Gasteiger partial charge in [0.15, 0.2) is 0 Å². The first-order valence-electron chi connectivity index (χ1n) is 6.79. The maximum absolute atomic E-state index is 5.03. The first-order valence-corrected chi connectivity index (χ1v) is 6.79. The van der Waals surface area contributed by atoms with Crippen LogP contribution in [0.15, 0.2) is 0 Å². The molecule has 1 aliphatic rings. The van der Waals surface area contributed by atoms with Crippen molar-refractivity contribution in [2.24, 2.45) is 5.92 Å². The van der Waals surface area contributed by atoms with E-state index >= 15 is 0 Å². The number of hydrogen-bond acceptors (Lipinski definition) is 4. The van der Waals surface area contributed by atoms with Gasteiger partial charge in [-0.05, 0) is 52.5 Å². The van der Waals surface area contributed by atoms with Gasteiger partial charge in [-0.15, -0.1) is 0 Å². The number of nitrogens with one attached hydrogen (secondary N) is 1. The largest absolute Gasteiger partial charge is 0.383 e. The number of rotatable bonds is 8. The Morgan fingerprint density at radius 1 is 1.29 bits per heavy atom. The summed E-state index contributed by atoms with van der Waals surface area (Å²) >= 11 is 0. The molecule has 0 saturated carbocycles. The number of ether oxygens (including phenoxy) is 1. The summed E-state index contributed by atoms with van der Waals surface area (Å²) in [6, 6.07) is 0. The van der Waals surface area contributed by atoms with E-state index in [4.69, 9.17) is 4.74 Å². The van der Waals surface area contributed by atoms with Gasteiger partial charge >= 0.3 is 0 Å². The molecular formula is C13H29N3O. The van der Waals surface area contributed by atoms with Crippen LogP contribution in [0.1, 0.15) is 12.8 Å². The summed E-state index contributed by atoms with van der Waals surface area (Å²) in [4.78, 5) is 4.85. The molecule has 1 rings (SSSR count). The van der Waals surface area contributed by atoms with E-state index in [2.05, 4.69) is 29.2 Å². The first kappa shape index (κ1) is 14.9. The zero-order valence-electron chi connectivity index (χ0n) is 11.7. The van der Waals surface area contributed by atoms with Crippen LogP contribution in [0.3, 0.4) is 0 Å². The van der Waals surface area contributed by atoms with E-state index in [1.54, 1.807) is 7.11 Å². The summed E-state index contributed by atoms with van der Waals surface area (Å²) in [7, 11) is 6.05. The van der Waals surface area contributed by atoms with Gasteiger partial charge in [-0.1, -0.05) is 0 Å². The molecule has 0 aromatic heterocycles. The SMILES string of the molecule is COCCNCC1CCN(CCN(C)C)CC1. The quantitative estimate of drug-likeness (QED) is 0.628. The highest BCUT2D eigenvalue weighted by Gasteiger charge is 2.18. The van der Waals surface area contributed by atoms with Gasteiger partial charge in [0.05, 0.1) is 6.61 Å². The fourth-order valence-corrected chi connectivity index (χ4v) is 2.24. The second-order valence-electron chi connectivity index (χ2n) is 5.29. The highest BCUT2D eigenvalue weighted by atomic mass is 16.5. The molecule has 0 aromatic carbocycles. The van der Waals surface area contributed by atoms with Crippen molar-refractivity contribution in [3.8, 4) is 0 Å². The topological polar surface area (TPSA) is 27.7 Å². The van der Waals surface area contributed by atoms with E-state index in [1.807, 2.05) is 0 Å². The van der Waals surface area contributed by atoms with Crippen LogP contribution in [0.25, 0.3) is 0 Å². The van der Waals surface area contributed by atoms with E-state index in [0.29, 0.717) is 0 Å². The number of likely N-dealkylation sites (N-methyl/N-ethyl adjacent to an activating group) is 1. The second-order valence-corrected chi connectivity index (χ2v) is 5.29. The second kappa shape index (κ2) is 8.86. The number of methoxy groups -OCH3 is 1. The standard InChI is InChI=1S/C13H29N3O/c1-15(2)9-10-16-7-4-13(5-8-16)12-14-6-11-17-3/h13-14H,4-12H2,1-3H3. The molecule has 4 nitrogen and oxygen atoms in total. The van der Waals surface area contributed by atoms with Crippen molar-refractivity contribution in [3.05, 3.63) is 0 Å². The Kier molecular flexibility index (Phi) is 7.77. The molecule has 4 heteroatoms. The third-order valence-corrected chi connectivity index (χ3v) is 3.49. The van der Waals surface area contributed by atoms with Crippen molar-refractivity contribution < 1.29 is 4.74 Å². The molecule has 0 amide bonds. The lowest BCUT2D eigenvalue weighted by Crippen LogP contribution is -2.40. The Morgan fingerprint density at radius 3 is 2.59 bits per heavy atom. The van der Waals surface area contributed by atoms with Crippen LogP contribution in [0.5, 0.6) is 0 Å². The van der Waals surface area contributed by atoms with Gasteiger partial charge < -0.3 is 19.9 Å².